The second-order valence-electron chi connectivity index (χ2n) is 9.01. The van der Waals surface area contributed by atoms with E-state index in [2.05, 4.69) is 19.1 Å². The summed E-state index contributed by atoms with van der Waals surface area (Å²) >= 11 is 6.93. The average molecular weight is 540 g/mol. The molecule has 1 saturated heterocycles. The van der Waals surface area contributed by atoms with Crippen LogP contribution in [0.1, 0.15) is 30.9 Å². The molecule has 2 heterocycles. The van der Waals surface area contributed by atoms with Gasteiger partial charge in [-0.15, -0.1) is 0 Å². The number of unbranched alkanes of at least 4 members (excludes halogenated alkanes) is 1. The van der Waals surface area contributed by atoms with Gasteiger partial charge in [0.25, 0.3) is 5.91 Å². The van der Waals surface area contributed by atoms with E-state index in [1.165, 1.54) is 17.3 Å². The number of amides is 1. The fourth-order valence-corrected chi connectivity index (χ4v) is 5.49. The lowest BCUT2D eigenvalue weighted by Gasteiger charge is -2.14. The van der Waals surface area contributed by atoms with Gasteiger partial charge >= 0.3 is 0 Å². The molecule has 0 unspecified atom stereocenters. The number of carbonyl (C=O) groups excluding carboxylic acids is 1. The van der Waals surface area contributed by atoms with Crippen molar-refractivity contribution < 1.29 is 9.53 Å². The summed E-state index contributed by atoms with van der Waals surface area (Å²) < 4.78 is 8.27. The molecule has 192 valence electrons. The Morgan fingerprint density at radius 1 is 0.974 bits per heavy atom. The number of para-hydroxylation sites is 1. The van der Waals surface area contributed by atoms with Gasteiger partial charge < -0.3 is 4.74 Å². The zero-order valence-electron chi connectivity index (χ0n) is 21.2. The SMILES string of the molecule is CCCCOc1ccc(-c2nn(-c3ccccc3)cc2C=C2SC(=S)N(CCc3ccccc3)C2=O)cc1. The Labute approximate surface area is 233 Å². The number of thiocarbonyl (C=S) groups is 1. The number of ether oxygens (including phenoxy) is 1. The number of hydrogen-bond donors (Lipinski definition) is 0. The first-order valence-corrected chi connectivity index (χ1v) is 14.0. The third kappa shape index (κ3) is 6.06. The van der Waals surface area contributed by atoms with Gasteiger partial charge in [0, 0.05) is 23.9 Å². The molecule has 0 bridgehead atoms. The van der Waals surface area contributed by atoms with Gasteiger partial charge in [0.05, 0.1) is 22.9 Å². The summed E-state index contributed by atoms with van der Waals surface area (Å²) in [5, 5.41) is 4.90. The van der Waals surface area contributed by atoms with E-state index in [4.69, 9.17) is 22.1 Å². The van der Waals surface area contributed by atoms with E-state index in [1.54, 1.807) is 4.90 Å². The summed E-state index contributed by atoms with van der Waals surface area (Å²) in [5.41, 5.74) is 4.73. The van der Waals surface area contributed by atoms with E-state index in [0.717, 1.165) is 47.5 Å². The molecule has 0 spiro atoms. The molecule has 5 nitrogen and oxygen atoms in total. The van der Waals surface area contributed by atoms with Crippen LogP contribution in [0.5, 0.6) is 5.75 Å². The molecule has 1 aliphatic heterocycles. The largest absolute Gasteiger partial charge is 0.494 e. The number of carbonyl (C=O) groups is 1. The number of aromatic nitrogens is 2. The van der Waals surface area contributed by atoms with Gasteiger partial charge in [-0.05, 0) is 60.9 Å². The second-order valence-corrected chi connectivity index (χ2v) is 10.7. The molecule has 0 N–H and O–H groups in total. The lowest BCUT2D eigenvalue weighted by molar-refractivity contribution is -0.122. The fraction of sp³-hybridized carbons (Fsp3) is 0.194. The smallest absolute Gasteiger partial charge is 0.266 e. The van der Waals surface area contributed by atoms with Crippen LogP contribution >= 0.6 is 24.0 Å². The molecular formula is C31H29N3O2S2. The van der Waals surface area contributed by atoms with Crippen molar-refractivity contribution in [3.63, 3.8) is 0 Å². The Morgan fingerprint density at radius 2 is 1.68 bits per heavy atom. The first kappa shape index (κ1) is 25.9. The van der Waals surface area contributed by atoms with E-state index in [1.807, 2.05) is 89.8 Å². The monoisotopic (exact) mass is 539 g/mol. The molecule has 0 aliphatic carbocycles. The Kier molecular flexibility index (Phi) is 8.36. The van der Waals surface area contributed by atoms with Crippen molar-refractivity contribution in [2.75, 3.05) is 13.2 Å². The van der Waals surface area contributed by atoms with Gasteiger partial charge in [-0.25, -0.2) is 4.68 Å². The number of hydrogen-bond acceptors (Lipinski definition) is 5. The van der Waals surface area contributed by atoms with Crippen molar-refractivity contribution in [1.82, 2.24) is 14.7 Å². The standard InChI is InChI=1S/C31H29N3O2S2/c1-2-3-20-36-27-16-14-24(15-17-27)29-25(22-34(32-29)26-12-8-5-9-13-26)21-28-30(35)33(31(37)38-28)19-18-23-10-6-4-7-11-23/h4-17,21-22H,2-3,18-20H2,1H3. The maximum atomic E-state index is 13.3. The molecule has 1 amide bonds. The summed E-state index contributed by atoms with van der Waals surface area (Å²) in [6.07, 6.45) is 6.75. The number of benzene rings is 3. The van der Waals surface area contributed by atoms with E-state index >= 15 is 0 Å². The lowest BCUT2D eigenvalue weighted by atomic mass is 10.1. The minimum absolute atomic E-state index is 0.0611. The number of thioether (sulfide) groups is 1. The molecule has 1 fully saturated rings. The number of nitrogens with zero attached hydrogens (tertiary/aromatic N) is 3. The van der Waals surface area contributed by atoms with E-state index in [9.17, 15) is 4.79 Å². The fourth-order valence-electron chi connectivity index (χ4n) is 4.19. The van der Waals surface area contributed by atoms with Crippen LogP contribution in [0, 0.1) is 0 Å². The van der Waals surface area contributed by atoms with Crippen LogP contribution in [-0.2, 0) is 11.2 Å². The zero-order valence-corrected chi connectivity index (χ0v) is 22.9. The van der Waals surface area contributed by atoms with Crippen LogP contribution in [0.2, 0.25) is 0 Å². The maximum absolute atomic E-state index is 13.3. The summed E-state index contributed by atoms with van der Waals surface area (Å²) in [6.45, 7) is 3.41. The summed E-state index contributed by atoms with van der Waals surface area (Å²) in [7, 11) is 0. The van der Waals surface area contributed by atoms with Crippen LogP contribution in [0.3, 0.4) is 0 Å². The summed E-state index contributed by atoms with van der Waals surface area (Å²) in [4.78, 5) is 15.6. The molecule has 0 saturated carbocycles. The van der Waals surface area contributed by atoms with Crippen molar-refractivity contribution in [3.05, 3.63) is 107 Å². The van der Waals surface area contributed by atoms with E-state index in [0.29, 0.717) is 22.4 Å². The van der Waals surface area contributed by atoms with E-state index in [-0.39, 0.29) is 5.91 Å². The normalized spacial score (nSPS) is 14.4. The second kappa shape index (κ2) is 12.2. The highest BCUT2D eigenvalue weighted by atomic mass is 32.2. The van der Waals surface area contributed by atoms with Crippen molar-refractivity contribution in [3.8, 4) is 22.7 Å². The highest BCUT2D eigenvalue weighted by molar-refractivity contribution is 8.26. The van der Waals surface area contributed by atoms with Gasteiger partial charge in [-0.3, -0.25) is 9.69 Å². The molecule has 1 aromatic heterocycles. The first-order valence-electron chi connectivity index (χ1n) is 12.8. The highest BCUT2D eigenvalue weighted by Gasteiger charge is 2.32. The van der Waals surface area contributed by atoms with Crippen LogP contribution in [0.4, 0.5) is 0 Å². The summed E-state index contributed by atoms with van der Waals surface area (Å²) in [6, 6.07) is 28.1. The van der Waals surface area contributed by atoms with Crippen LogP contribution in [-0.4, -0.2) is 38.1 Å². The third-order valence-corrected chi connectivity index (χ3v) is 7.66. The van der Waals surface area contributed by atoms with Crippen LogP contribution in [0.25, 0.3) is 23.0 Å². The highest BCUT2D eigenvalue weighted by Crippen LogP contribution is 2.35. The Balaban J connectivity index is 1.43. The minimum Gasteiger partial charge on any atom is -0.494 e. The molecule has 5 rings (SSSR count). The van der Waals surface area contributed by atoms with Crippen LogP contribution in [0.15, 0.2) is 96.0 Å². The van der Waals surface area contributed by atoms with Gasteiger partial charge in [-0.1, -0.05) is 85.9 Å². The predicted molar refractivity (Wildman–Crippen MR) is 159 cm³/mol. The van der Waals surface area contributed by atoms with Crippen molar-refractivity contribution in [2.24, 2.45) is 0 Å². The van der Waals surface area contributed by atoms with Crippen LogP contribution < -0.4 is 4.74 Å². The lowest BCUT2D eigenvalue weighted by Crippen LogP contribution is -2.30. The first-order chi connectivity index (χ1) is 18.6. The van der Waals surface area contributed by atoms with E-state index < -0.39 is 0 Å². The minimum atomic E-state index is -0.0611. The van der Waals surface area contributed by atoms with Crippen molar-refractivity contribution in [2.45, 2.75) is 26.2 Å². The molecule has 4 aromatic rings. The Bertz CT molecular complexity index is 1430. The van der Waals surface area contributed by atoms with Gasteiger partial charge in [0.1, 0.15) is 10.1 Å². The molecule has 0 radical (unpaired) electrons. The molecule has 3 aromatic carbocycles. The zero-order chi connectivity index (χ0) is 26.3. The summed E-state index contributed by atoms with van der Waals surface area (Å²) in [5.74, 6) is 0.777. The van der Waals surface area contributed by atoms with Crippen molar-refractivity contribution in [1.29, 1.82) is 0 Å². The number of rotatable bonds is 10. The Hall–Kier alpha value is -3.68. The topological polar surface area (TPSA) is 47.4 Å². The van der Waals surface area contributed by atoms with Crippen molar-refractivity contribution >= 4 is 40.3 Å². The third-order valence-electron chi connectivity index (χ3n) is 6.28. The molecular weight excluding hydrogens is 510 g/mol. The molecule has 38 heavy (non-hydrogen) atoms. The molecule has 0 atom stereocenters. The Morgan fingerprint density at radius 3 is 2.39 bits per heavy atom. The molecule has 1 aliphatic rings. The average Bonchev–Trinajstić information content (AvgIpc) is 3.49. The maximum Gasteiger partial charge on any atom is 0.266 e. The quantitative estimate of drug-likeness (QED) is 0.122. The van der Waals surface area contributed by atoms with Gasteiger partial charge in [0.2, 0.25) is 0 Å². The molecule has 7 heteroatoms. The predicted octanol–water partition coefficient (Wildman–Crippen LogP) is 7.16. The van der Waals surface area contributed by atoms with Gasteiger partial charge in [0.15, 0.2) is 0 Å². The van der Waals surface area contributed by atoms with Gasteiger partial charge in [-0.2, -0.15) is 5.10 Å².